The summed E-state index contributed by atoms with van der Waals surface area (Å²) < 4.78 is 0. The van der Waals surface area contributed by atoms with Crippen LogP contribution in [0.1, 0.15) is 6.92 Å². The zero-order valence-corrected chi connectivity index (χ0v) is 6.24. The highest BCUT2D eigenvalue weighted by molar-refractivity contribution is 5.95. The van der Waals surface area contributed by atoms with E-state index >= 15 is 0 Å². The van der Waals surface area contributed by atoms with Crippen molar-refractivity contribution in [3.63, 3.8) is 0 Å². The van der Waals surface area contributed by atoms with E-state index in [-0.39, 0.29) is 0 Å². The lowest BCUT2D eigenvalue weighted by molar-refractivity contribution is -0.0318. The first-order valence-corrected chi connectivity index (χ1v) is 3.42. The van der Waals surface area contributed by atoms with Crippen molar-refractivity contribution in [1.29, 1.82) is 0 Å². The molecule has 2 aliphatic rings. The van der Waals surface area contributed by atoms with Gasteiger partial charge in [0, 0.05) is 6.08 Å². The number of hydroxylamine groups is 2. The molecular formula is C7H9N3O. The van der Waals surface area contributed by atoms with Gasteiger partial charge in [0.15, 0.2) is 5.84 Å². The monoisotopic (exact) mass is 151 g/mol. The van der Waals surface area contributed by atoms with Gasteiger partial charge in [0.2, 0.25) is 0 Å². The molecule has 0 spiro atoms. The smallest absolute Gasteiger partial charge is 0.167 e. The van der Waals surface area contributed by atoms with Crippen LogP contribution in [0.4, 0.5) is 0 Å². The van der Waals surface area contributed by atoms with Gasteiger partial charge in [0.1, 0.15) is 5.76 Å². The van der Waals surface area contributed by atoms with E-state index < -0.39 is 0 Å². The lowest BCUT2D eigenvalue weighted by Crippen LogP contribution is -2.31. The van der Waals surface area contributed by atoms with E-state index in [4.69, 9.17) is 10.6 Å². The van der Waals surface area contributed by atoms with Crippen LogP contribution in [0.15, 0.2) is 28.7 Å². The number of hydrogen-bond acceptors (Lipinski definition) is 4. The first kappa shape index (κ1) is 6.27. The fourth-order valence-corrected chi connectivity index (χ4v) is 1.07. The largest absolute Gasteiger partial charge is 0.399 e. The fraction of sp³-hybridized carbons (Fsp3) is 0.286. The molecule has 0 amide bonds. The quantitative estimate of drug-likeness (QED) is 0.543. The molecule has 0 radical (unpaired) electrons. The van der Waals surface area contributed by atoms with Crippen LogP contribution in [-0.4, -0.2) is 17.4 Å². The Morgan fingerprint density at radius 2 is 2.55 bits per heavy atom. The van der Waals surface area contributed by atoms with Gasteiger partial charge in [-0.3, -0.25) is 0 Å². The second-order valence-corrected chi connectivity index (χ2v) is 2.57. The van der Waals surface area contributed by atoms with Crippen LogP contribution >= 0.6 is 0 Å². The average molecular weight is 151 g/mol. The third-order valence-corrected chi connectivity index (χ3v) is 1.53. The van der Waals surface area contributed by atoms with E-state index in [1.807, 2.05) is 13.0 Å². The summed E-state index contributed by atoms with van der Waals surface area (Å²) in [6.45, 7) is 2.49. The van der Waals surface area contributed by atoms with Gasteiger partial charge in [-0.25, -0.2) is 4.99 Å². The van der Waals surface area contributed by atoms with Crippen molar-refractivity contribution < 1.29 is 4.84 Å². The maximum atomic E-state index is 5.55. The molecule has 0 saturated heterocycles. The van der Waals surface area contributed by atoms with Gasteiger partial charge in [-0.15, -0.1) is 0 Å². The minimum Gasteiger partial charge on any atom is -0.399 e. The predicted octanol–water partition coefficient (Wildman–Crippen LogP) is 0.350. The second-order valence-electron chi connectivity index (χ2n) is 2.57. The summed E-state index contributed by atoms with van der Waals surface area (Å²) in [5.41, 5.74) is 6.26. The second kappa shape index (κ2) is 2.02. The number of rotatable bonds is 0. The van der Waals surface area contributed by atoms with Crippen molar-refractivity contribution in [3.05, 3.63) is 23.7 Å². The summed E-state index contributed by atoms with van der Waals surface area (Å²) in [5, 5.41) is 1.67. The van der Waals surface area contributed by atoms with Crippen LogP contribution in [0.5, 0.6) is 0 Å². The molecule has 4 nitrogen and oxygen atoms in total. The van der Waals surface area contributed by atoms with E-state index in [0.29, 0.717) is 6.54 Å². The van der Waals surface area contributed by atoms with E-state index in [0.717, 1.165) is 17.3 Å². The summed E-state index contributed by atoms with van der Waals surface area (Å²) in [5.74, 6) is 1.68. The number of aliphatic imine (C=N–C) groups is 1. The summed E-state index contributed by atoms with van der Waals surface area (Å²) in [4.78, 5) is 9.36. The molecule has 2 N–H and O–H groups in total. The van der Waals surface area contributed by atoms with Crippen molar-refractivity contribution in [2.45, 2.75) is 6.92 Å². The first-order valence-electron chi connectivity index (χ1n) is 3.42. The number of fused-ring (bicyclic) bond motifs is 1. The predicted molar refractivity (Wildman–Crippen MR) is 41.3 cm³/mol. The van der Waals surface area contributed by atoms with E-state index in [1.54, 1.807) is 11.3 Å². The molecule has 4 heteroatoms. The molecule has 0 saturated carbocycles. The van der Waals surface area contributed by atoms with Crippen molar-refractivity contribution >= 4 is 5.84 Å². The van der Waals surface area contributed by atoms with E-state index in [1.165, 1.54) is 0 Å². The van der Waals surface area contributed by atoms with Gasteiger partial charge in [0.05, 0.1) is 18.4 Å². The van der Waals surface area contributed by atoms with E-state index in [9.17, 15) is 0 Å². The van der Waals surface area contributed by atoms with Crippen LogP contribution in [-0.2, 0) is 4.84 Å². The fourth-order valence-electron chi connectivity index (χ4n) is 1.07. The Morgan fingerprint density at radius 3 is 3.36 bits per heavy atom. The lowest BCUT2D eigenvalue weighted by atomic mass is 10.4. The SMILES string of the molecule is CC1=CC2=NC=C(N)CN2O1. The summed E-state index contributed by atoms with van der Waals surface area (Å²) in [6, 6.07) is 0. The average Bonchev–Trinajstić information content (AvgIpc) is 2.27. The molecule has 0 aromatic rings. The number of hydrogen-bond donors (Lipinski definition) is 1. The molecule has 2 heterocycles. The number of amidine groups is 1. The van der Waals surface area contributed by atoms with Gasteiger partial charge in [-0.1, -0.05) is 0 Å². The van der Waals surface area contributed by atoms with Gasteiger partial charge in [-0.05, 0) is 6.92 Å². The van der Waals surface area contributed by atoms with Crippen molar-refractivity contribution in [3.8, 4) is 0 Å². The van der Waals surface area contributed by atoms with Crippen molar-refractivity contribution in [2.24, 2.45) is 10.7 Å². The highest BCUT2D eigenvalue weighted by Gasteiger charge is 2.21. The topological polar surface area (TPSA) is 50.8 Å². The third-order valence-electron chi connectivity index (χ3n) is 1.53. The van der Waals surface area contributed by atoms with Gasteiger partial charge >= 0.3 is 0 Å². The molecule has 0 fully saturated rings. The summed E-state index contributed by atoms with van der Waals surface area (Å²) >= 11 is 0. The molecule has 0 aliphatic carbocycles. The maximum Gasteiger partial charge on any atom is 0.167 e. The molecule has 0 aromatic carbocycles. The molecule has 2 rings (SSSR count). The standard InChI is InChI=1S/C7H9N3O/c1-5-2-7-9-3-6(8)4-10(7)11-5/h2-3H,4,8H2,1H3. The Morgan fingerprint density at radius 1 is 1.73 bits per heavy atom. The molecule has 11 heavy (non-hydrogen) atoms. The minimum absolute atomic E-state index is 0.604. The lowest BCUT2D eigenvalue weighted by Gasteiger charge is -2.20. The molecule has 58 valence electrons. The molecule has 2 aliphatic heterocycles. The van der Waals surface area contributed by atoms with E-state index in [2.05, 4.69) is 4.99 Å². The van der Waals surface area contributed by atoms with Gasteiger partial charge in [0.25, 0.3) is 0 Å². The minimum atomic E-state index is 0.604. The first-order chi connectivity index (χ1) is 5.25. The van der Waals surface area contributed by atoms with Gasteiger partial charge < -0.3 is 10.6 Å². The van der Waals surface area contributed by atoms with Crippen molar-refractivity contribution in [2.75, 3.05) is 6.54 Å². The zero-order valence-electron chi connectivity index (χ0n) is 6.24. The Balaban J connectivity index is 2.29. The van der Waals surface area contributed by atoms with Crippen LogP contribution < -0.4 is 5.73 Å². The molecule has 0 bridgehead atoms. The third kappa shape index (κ3) is 0.960. The van der Waals surface area contributed by atoms with Crippen LogP contribution in [0, 0.1) is 0 Å². The molecule has 0 atom stereocenters. The Hall–Kier alpha value is -1.45. The summed E-state index contributed by atoms with van der Waals surface area (Å²) in [7, 11) is 0. The molecule has 0 unspecified atom stereocenters. The zero-order chi connectivity index (χ0) is 7.84. The van der Waals surface area contributed by atoms with Gasteiger partial charge in [-0.2, -0.15) is 5.06 Å². The Kier molecular flexibility index (Phi) is 1.15. The number of nitrogens with zero attached hydrogens (tertiary/aromatic N) is 2. The Bertz CT molecular complexity index is 277. The number of allylic oxidation sites excluding steroid dienone is 1. The highest BCUT2D eigenvalue weighted by Crippen LogP contribution is 2.16. The highest BCUT2D eigenvalue weighted by atomic mass is 16.7. The van der Waals surface area contributed by atoms with Crippen LogP contribution in [0.3, 0.4) is 0 Å². The Labute approximate surface area is 64.6 Å². The van der Waals surface area contributed by atoms with Crippen LogP contribution in [0.25, 0.3) is 0 Å². The maximum absolute atomic E-state index is 5.55. The molecule has 0 aromatic heterocycles. The normalized spacial score (nSPS) is 21.5. The number of nitrogens with two attached hydrogens (primary N) is 1. The van der Waals surface area contributed by atoms with Crippen molar-refractivity contribution in [1.82, 2.24) is 5.06 Å². The molecular weight excluding hydrogens is 142 g/mol. The summed E-state index contributed by atoms with van der Waals surface area (Å²) in [6.07, 6.45) is 3.53. The van der Waals surface area contributed by atoms with Crippen LogP contribution in [0.2, 0.25) is 0 Å².